The SMILES string of the molecule is O=C1Cc2ccc(C(=O)NC3CCCCNC3)cc2N1. The van der Waals surface area contributed by atoms with E-state index in [9.17, 15) is 9.59 Å². The Hall–Kier alpha value is -1.88. The third kappa shape index (κ3) is 2.82. The molecular weight excluding hydrogens is 254 g/mol. The Kier molecular flexibility index (Phi) is 3.69. The summed E-state index contributed by atoms with van der Waals surface area (Å²) in [5.74, 6) is -0.0758. The zero-order chi connectivity index (χ0) is 13.9. The van der Waals surface area contributed by atoms with Crippen molar-refractivity contribution in [3.8, 4) is 0 Å². The molecule has 2 aliphatic heterocycles. The van der Waals surface area contributed by atoms with Crippen molar-refractivity contribution >= 4 is 17.5 Å². The minimum Gasteiger partial charge on any atom is -0.348 e. The van der Waals surface area contributed by atoms with Crippen LogP contribution in [0.3, 0.4) is 0 Å². The second kappa shape index (κ2) is 5.63. The van der Waals surface area contributed by atoms with Crippen molar-refractivity contribution in [3.63, 3.8) is 0 Å². The first-order valence-corrected chi connectivity index (χ1v) is 7.17. The maximum Gasteiger partial charge on any atom is 0.251 e. The van der Waals surface area contributed by atoms with E-state index in [1.165, 1.54) is 0 Å². The van der Waals surface area contributed by atoms with Gasteiger partial charge in [0.05, 0.1) is 6.42 Å². The molecule has 1 aromatic rings. The molecule has 1 atom stereocenters. The highest BCUT2D eigenvalue weighted by Crippen LogP contribution is 2.24. The van der Waals surface area contributed by atoms with Crippen LogP contribution in [0.5, 0.6) is 0 Å². The maximum atomic E-state index is 12.3. The third-order valence-electron chi connectivity index (χ3n) is 3.88. The predicted octanol–water partition coefficient (Wildman–Crippen LogP) is 1.05. The smallest absolute Gasteiger partial charge is 0.251 e. The van der Waals surface area contributed by atoms with Crippen molar-refractivity contribution in [2.24, 2.45) is 0 Å². The maximum absolute atomic E-state index is 12.3. The van der Waals surface area contributed by atoms with Gasteiger partial charge in [-0.1, -0.05) is 12.5 Å². The minimum absolute atomic E-state index is 0.00877. The first-order valence-electron chi connectivity index (χ1n) is 7.17. The highest BCUT2D eigenvalue weighted by molar-refractivity contribution is 6.02. The Morgan fingerprint density at radius 3 is 3.10 bits per heavy atom. The second-order valence-electron chi connectivity index (χ2n) is 5.47. The lowest BCUT2D eigenvalue weighted by Gasteiger charge is -2.16. The van der Waals surface area contributed by atoms with E-state index >= 15 is 0 Å². The Morgan fingerprint density at radius 2 is 2.20 bits per heavy atom. The van der Waals surface area contributed by atoms with Crippen molar-refractivity contribution in [2.75, 3.05) is 18.4 Å². The highest BCUT2D eigenvalue weighted by atomic mass is 16.2. The largest absolute Gasteiger partial charge is 0.348 e. The Balaban J connectivity index is 1.68. The molecule has 1 saturated heterocycles. The van der Waals surface area contributed by atoms with Gasteiger partial charge in [0.25, 0.3) is 5.91 Å². The van der Waals surface area contributed by atoms with Crippen LogP contribution in [0.25, 0.3) is 0 Å². The van der Waals surface area contributed by atoms with E-state index in [1.54, 1.807) is 12.1 Å². The van der Waals surface area contributed by atoms with Gasteiger partial charge >= 0.3 is 0 Å². The molecular formula is C15H19N3O2. The van der Waals surface area contributed by atoms with Gasteiger partial charge in [-0.15, -0.1) is 0 Å². The number of rotatable bonds is 2. The molecule has 0 radical (unpaired) electrons. The number of benzene rings is 1. The van der Waals surface area contributed by atoms with Crippen LogP contribution in [0.15, 0.2) is 18.2 Å². The first-order chi connectivity index (χ1) is 9.72. The summed E-state index contributed by atoms with van der Waals surface area (Å²) in [7, 11) is 0. The van der Waals surface area contributed by atoms with E-state index in [1.807, 2.05) is 6.07 Å². The standard InChI is InChI=1S/C15H19N3O2/c19-14-8-10-4-5-11(7-13(10)18-14)15(20)17-12-3-1-2-6-16-9-12/h4-5,7,12,16H,1-3,6,8-9H2,(H,17,20)(H,18,19). The van der Waals surface area contributed by atoms with E-state index in [0.717, 1.165) is 43.6 Å². The zero-order valence-electron chi connectivity index (χ0n) is 11.4. The van der Waals surface area contributed by atoms with Gasteiger partial charge in [-0.05, 0) is 37.1 Å². The summed E-state index contributed by atoms with van der Waals surface area (Å²) < 4.78 is 0. The molecule has 3 N–H and O–H groups in total. The van der Waals surface area contributed by atoms with Crippen molar-refractivity contribution < 1.29 is 9.59 Å². The molecule has 0 spiro atoms. The van der Waals surface area contributed by atoms with Gasteiger partial charge in [0, 0.05) is 23.8 Å². The normalized spacial score (nSPS) is 21.8. The first kappa shape index (κ1) is 13.1. The fraction of sp³-hybridized carbons (Fsp3) is 0.467. The molecule has 0 saturated carbocycles. The number of carbonyl (C=O) groups excluding carboxylic acids is 2. The van der Waals surface area contributed by atoms with Crippen LogP contribution < -0.4 is 16.0 Å². The van der Waals surface area contributed by atoms with E-state index in [0.29, 0.717) is 12.0 Å². The van der Waals surface area contributed by atoms with Gasteiger partial charge in [-0.2, -0.15) is 0 Å². The average molecular weight is 273 g/mol. The van der Waals surface area contributed by atoms with Crippen LogP contribution in [0.4, 0.5) is 5.69 Å². The number of nitrogens with one attached hydrogen (secondary N) is 3. The summed E-state index contributed by atoms with van der Waals surface area (Å²) in [4.78, 5) is 23.6. The average Bonchev–Trinajstić information content (AvgIpc) is 2.62. The monoisotopic (exact) mass is 273 g/mol. The third-order valence-corrected chi connectivity index (χ3v) is 3.88. The highest BCUT2D eigenvalue weighted by Gasteiger charge is 2.20. The van der Waals surface area contributed by atoms with Crippen LogP contribution in [0.2, 0.25) is 0 Å². The fourth-order valence-corrected chi connectivity index (χ4v) is 2.77. The summed E-state index contributed by atoms with van der Waals surface area (Å²) in [6.07, 6.45) is 3.72. The summed E-state index contributed by atoms with van der Waals surface area (Å²) >= 11 is 0. The molecule has 106 valence electrons. The van der Waals surface area contributed by atoms with E-state index in [4.69, 9.17) is 0 Å². The quantitative estimate of drug-likeness (QED) is 0.754. The van der Waals surface area contributed by atoms with Gasteiger partial charge in [0.1, 0.15) is 0 Å². The van der Waals surface area contributed by atoms with Crippen LogP contribution in [0.1, 0.15) is 35.2 Å². The molecule has 2 amide bonds. The van der Waals surface area contributed by atoms with Gasteiger partial charge in [0.2, 0.25) is 5.91 Å². The molecule has 2 heterocycles. The van der Waals surface area contributed by atoms with Gasteiger partial charge in [-0.25, -0.2) is 0 Å². The van der Waals surface area contributed by atoms with Crippen molar-refractivity contribution in [1.82, 2.24) is 10.6 Å². The Labute approximate surface area is 118 Å². The predicted molar refractivity (Wildman–Crippen MR) is 76.8 cm³/mol. The molecule has 3 rings (SSSR count). The lowest BCUT2D eigenvalue weighted by Crippen LogP contribution is -2.40. The molecule has 0 bridgehead atoms. The van der Waals surface area contributed by atoms with Crippen molar-refractivity contribution in [3.05, 3.63) is 29.3 Å². The summed E-state index contributed by atoms with van der Waals surface area (Å²) in [6, 6.07) is 5.60. The molecule has 20 heavy (non-hydrogen) atoms. The topological polar surface area (TPSA) is 70.2 Å². The van der Waals surface area contributed by atoms with E-state index < -0.39 is 0 Å². The molecule has 1 aromatic carbocycles. The van der Waals surface area contributed by atoms with E-state index in [2.05, 4.69) is 16.0 Å². The Morgan fingerprint density at radius 1 is 1.30 bits per heavy atom. The number of anilines is 1. The second-order valence-corrected chi connectivity index (χ2v) is 5.47. The zero-order valence-corrected chi connectivity index (χ0v) is 11.4. The number of fused-ring (bicyclic) bond motifs is 1. The van der Waals surface area contributed by atoms with Gasteiger partial charge in [-0.3, -0.25) is 9.59 Å². The van der Waals surface area contributed by atoms with E-state index in [-0.39, 0.29) is 17.9 Å². The van der Waals surface area contributed by atoms with Crippen LogP contribution in [-0.4, -0.2) is 30.9 Å². The van der Waals surface area contributed by atoms with Crippen LogP contribution in [-0.2, 0) is 11.2 Å². The molecule has 5 nitrogen and oxygen atoms in total. The van der Waals surface area contributed by atoms with Gasteiger partial charge < -0.3 is 16.0 Å². The summed E-state index contributed by atoms with van der Waals surface area (Å²) in [5.41, 5.74) is 2.33. The molecule has 1 fully saturated rings. The van der Waals surface area contributed by atoms with Crippen LogP contribution in [0, 0.1) is 0 Å². The molecule has 0 aromatic heterocycles. The summed E-state index contributed by atoms with van der Waals surface area (Å²) in [5, 5.41) is 9.17. The number of carbonyl (C=O) groups is 2. The lowest BCUT2D eigenvalue weighted by atomic mass is 10.1. The van der Waals surface area contributed by atoms with Crippen molar-refractivity contribution in [2.45, 2.75) is 31.7 Å². The number of amides is 2. The van der Waals surface area contributed by atoms with Crippen molar-refractivity contribution in [1.29, 1.82) is 0 Å². The molecule has 0 aliphatic carbocycles. The fourth-order valence-electron chi connectivity index (χ4n) is 2.77. The summed E-state index contributed by atoms with van der Waals surface area (Å²) in [6.45, 7) is 1.85. The Bertz CT molecular complexity index is 534. The minimum atomic E-state index is -0.0670. The molecule has 1 unspecified atom stereocenters. The number of hydrogen-bond acceptors (Lipinski definition) is 3. The van der Waals surface area contributed by atoms with Gasteiger partial charge in [0.15, 0.2) is 0 Å². The molecule has 5 heteroatoms. The lowest BCUT2D eigenvalue weighted by molar-refractivity contribution is -0.115. The molecule has 2 aliphatic rings. The number of hydrogen-bond donors (Lipinski definition) is 3. The van der Waals surface area contributed by atoms with Crippen LogP contribution >= 0.6 is 0 Å².